The van der Waals surface area contributed by atoms with Crippen LogP contribution in [0.3, 0.4) is 0 Å². The molecular weight excluding hydrogens is 270 g/mol. The van der Waals surface area contributed by atoms with Crippen LogP contribution in [0.4, 0.5) is 0 Å². The minimum Gasteiger partial charge on any atom is -0.393 e. The highest BCUT2D eigenvalue weighted by atomic mass is 32.2. The first kappa shape index (κ1) is 15.6. The molecule has 1 aromatic rings. The zero-order chi connectivity index (χ0) is 13.9. The van der Waals surface area contributed by atoms with E-state index in [1.165, 1.54) is 11.3 Å². The summed E-state index contributed by atoms with van der Waals surface area (Å²) in [5.41, 5.74) is 0.989. The van der Waals surface area contributed by atoms with Gasteiger partial charge in [0, 0.05) is 11.4 Å². The highest BCUT2D eigenvalue weighted by molar-refractivity contribution is 7.91. The molecule has 104 valence electrons. The fraction of sp³-hybridized carbons (Fsp3) is 0.667. The topological polar surface area (TPSA) is 66.4 Å². The second kappa shape index (κ2) is 6.14. The number of aliphatic hydroxyl groups is 1. The minimum atomic E-state index is -3.43. The van der Waals surface area contributed by atoms with Gasteiger partial charge in [-0.1, -0.05) is 13.8 Å². The van der Waals surface area contributed by atoms with Crippen molar-refractivity contribution in [1.29, 1.82) is 0 Å². The van der Waals surface area contributed by atoms with Crippen molar-refractivity contribution >= 4 is 21.4 Å². The number of aryl methyl sites for hydroxylation is 2. The van der Waals surface area contributed by atoms with E-state index in [2.05, 4.69) is 4.72 Å². The summed E-state index contributed by atoms with van der Waals surface area (Å²) >= 11 is 1.27. The van der Waals surface area contributed by atoms with E-state index in [0.29, 0.717) is 10.6 Å². The molecule has 0 saturated carbocycles. The maximum Gasteiger partial charge on any atom is 0.250 e. The number of hydrogen-bond donors (Lipinski definition) is 2. The van der Waals surface area contributed by atoms with Gasteiger partial charge in [-0.15, -0.1) is 11.3 Å². The second-order valence-corrected chi connectivity index (χ2v) is 8.05. The molecule has 0 bridgehead atoms. The van der Waals surface area contributed by atoms with Crippen LogP contribution in [-0.4, -0.2) is 26.2 Å². The standard InChI is InChI=1S/C12H21NO3S2/c1-8(2)11(14)5-6-13-18(15,16)12-7-9(3)10(4)17-12/h7-8,11,13-14H,5-6H2,1-4H3. The Morgan fingerprint density at radius 3 is 2.44 bits per heavy atom. The Labute approximate surface area is 113 Å². The van der Waals surface area contributed by atoms with Gasteiger partial charge in [-0.05, 0) is 37.8 Å². The van der Waals surface area contributed by atoms with E-state index in [-0.39, 0.29) is 12.5 Å². The zero-order valence-corrected chi connectivity index (χ0v) is 12.9. The SMILES string of the molecule is Cc1cc(S(=O)(=O)NCCC(O)C(C)C)sc1C. The number of aliphatic hydroxyl groups excluding tert-OH is 1. The lowest BCUT2D eigenvalue weighted by Crippen LogP contribution is -2.28. The molecule has 1 rings (SSSR count). The van der Waals surface area contributed by atoms with E-state index >= 15 is 0 Å². The summed E-state index contributed by atoms with van der Waals surface area (Å²) in [7, 11) is -3.43. The van der Waals surface area contributed by atoms with E-state index in [4.69, 9.17) is 0 Å². The lowest BCUT2D eigenvalue weighted by molar-refractivity contribution is 0.118. The quantitative estimate of drug-likeness (QED) is 0.843. The molecule has 0 saturated heterocycles. The molecule has 0 aromatic carbocycles. The molecule has 1 unspecified atom stereocenters. The Morgan fingerprint density at radius 1 is 1.39 bits per heavy atom. The maximum absolute atomic E-state index is 12.0. The number of thiophene rings is 1. The van der Waals surface area contributed by atoms with Crippen LogP contribution in [0.2, 0.25) is 0 Å². The summed E-state index contributed by atoms with van der Waals surface area (Å²) in [4.78, 5) is 1.01. The fourth-order valence-electron chi connectivity index (χ4n) is 1.42. The van der Waals surface area contributed by atoms with Crippen molar-refractivity contribution in [2.75, 3.05) is 6.54 Å². The second-order valence-electron chi connectivity index (χ2n) is 4.80. The molecule has 1 atom stereocenters. The average Bonchev–Trinajstić information content (AvgIpc) is 2.59. The molecule has 0 aliphatic carbocycles. The molecule has 18 heavy (non-hydrogen) atoms. The Morgan fingerprint density at radius 2 is 2.00 bits per heavy atom. The van der Waals surface area contributed by atoms with Gasteiger partial charge >= 0.3 is 0 Å². The van der Waals surface area contributed by atoms with Crippen LogP contribution in [0, 0.1) is 19.8 Å². The predicted molar refractivity (Wildman–Crippen MR) is 74.4 cm³/mol. The third-order valence-electron chi connectivity index (χ3n) is 2.91. The van der Waals surface area contributed by atoms with Crippen molar-refractivity contribution in [1.82, 2.24) is 4.72 Å². The van der Waals surface area contributed by atoms with Gasteiger partial charge in [0.05, 0.1) is 6.10 Å². The minimum absolute atomic E-state index is 0.140. The largest absolute Gasteiger partial charge is 0.393 e. The molecular formula is C12H21NO3S2. The first-order chi connectivity index (χ1) is 8.24. The molecule has 1 aromatic heterocycles. The molecule has 0 aliphatic heterocycles. The van der Waals surface area contributed by atoms with E-state index in [0.717, 1.165) is 10.4 Å². The Balaban J connectivity index is 2.61. The van der Waals surface area contributed by atoms with E-state index in [1.807, 2.05) is 27.7 Å². The first-order valence-electron chi connectivity index (χ1n) is 5.99. The number of sulfonamides is 1. The lowest BCUT2D eigenvalue weighted by atomic mass is 10.1. The number of nitrogens with one attached hydrogen (secondary N) is 1. The predicted octanol–water partition coefficient (Wildman–Crippen LogP) is 2.05. The highest BCUT2D eigenvalue weighted by Crippen LogP contribution is 2.24. The van der Waals surface area contributed by atoms with Gasteiger partial charge in [0.15, 0.2) is 0 Å². The first-order valence-corrected chi connectivity index (χ1v) is 8.28. The Hall–Kier alpha value is -0.430. The fourth-order valence-corrected chi connectivity index (χ4v) is 4.03. The van der Waals surface area contributed by atoms with Crippen molar-refractivity contribution < 1.29 is 13.5 Å². The summed E-state index contributed by atoms with van der Waals surface area (Å²) in [5.74, 6) is 0.140. The van der Waals surface area contributed by atoms with E-state index in [1.54, 1.807) is 6.07 Å². The monoisotopic (exact) mass is 291 g/mol. The normalized spacial score (nSPS) is 14.1. The van der Waals surface area contributed by atoms with Crippen LogP contribution in [0.1, 0.15) is 30.7 Å². The Kier molecular flexibility index (Phi) is 5.33. The van der Waals surface area contributed by atoms with Gasteiger partial charge in [-0.25, -0.2) is 13.1 Å². The molecule has 4 nitrogen and oxygen atoms in total. The smallest absolute Gasteiger partial charge is 0.250 e. The molecule has 0 amide bonds. The molecule has 6 heteroatoms. The van der Waals surface area contributed by atoms with Crippen molar-refractivity contribution in [2.24, 2.45) is 5.92 Å². The zero-order valence-electron chi connectivity index (χ0n) is 11.2. The molecule has 0 spiro atoms. The van der Waals surface area contributed by atoms with Crippen LogP contribution < -0.4 is 4.72 Å². The Bertz CT molecular complexity index is 472. The van der Waals surface area contributed by atoms with Gasteiger partial charge in [-0.3, -0.25) is 0 Å². The lowest BCUT2D eigenvalue weighted by Gasteiger charge is -2.14. The molecule has 1 heterocycles. The molecule has 0 radical (unpaired) electrons. The van der Waals surface area contributed by atoms with Crippen molar-refractivity contribution in [3.8, 4) is 0 Å². The van der Waals surface area contributed by atoms with E-state index in [9.17, 15) is 13.5 Å². The van der Waals surface area contributed by atoms with Crippen LogP contribution >= 0.6 is 11.3 Å². The molecule has 0 aliphatic rings. The summed E-state index contributed by atoms with van der Waals surface area (Å²) in [6, 6.07) is 1.68. The van der Waals surface area contributed by atoms with Crippen LogP contribution in [0.25, 0.3) is 0 Å². The average molecular weight is 291 g/mol. The van der Waals surface area contributed by atoms with Gasteiger partial charge in [0.1, 0.15) is 4.21 Å². The summed E-state index contributed by atoms with van der Waals surface area (Å²) < 4.78 is 26.8. The summed E-state index contributed by atoms with van der Waals surface area (Å²) in [6.07, 6.45) is -0.0419. The van der Waals surface area contributed by atoms with Crippen LogP contribution in [0.5, 0.6) is 0 Å². The van der Waals surface area contributed by atoms with Gasteiger partial charge in [0.25, 0.3) is 0 Å². The van der Waals surface area contributed by atoms with Gasteiger partial charge in [0.2, 0.25) is 10.0 Å². The van der Waals surface area contributed by atoms with E-state index < -0.39 is 16.1 Å². The summed E-state index contributed by atoms with van der Waals surface area (Å²) in [6.45, 7) is 7.88. The summed E-state index contributed by atoms with van der Waals surface area (Å²) in [5, 5.41) is 9.61. The van der Waals surface area contributed by atoms with Crippen molar-refractivity contribution in [3.63, 3.8) is 0 Å². The number of hydrogen-bond acceptors (Lipinski definition) is 4. The third-order valence-corrected chi connectivity index (χ3v) is 6.00. The van der Waals surface area contributed by atoms with Crippen LogP contribution in [-0.2, 0) is 10.0 Å². The van der Waals surface area contributed by atoms with Gasteiger partial charge in [-0.2, -0.15) is 0 Å². The number of rotatable bonds is 6. The highest BCUT2D eigenvalue weighted by Gasteiger charge is 2.18. The maximum atomic E-state index is 12.0. The van der Waals surface area contributed by atoms with Crippen molar-refractivity contribution in [2.45, 2.75) is 44.4 Å². The van der Waals surface area contributed by atoms with Gasteiger partial charge < -0.3 is 5.11 Å². The molecule has 2 N–H and O–H groups in total. The van der Waals surface area contributed by atoms with Crippen LogP contribution in [0.15, 0.2) is 10.3 Å². The van der Waals surface area contributed by atoms with Crippen molar-refractivity contribution in [3.05, 3.63) is 16.5 Å². The third kappa shape index (κ3) is 4.05. The molecule has 0 fully saturated rings.